The maximum Gasteiger partial charge on any atom is 0.328 e. The summed E-state index contributed by atoms with van der Waals surface area (Å²) in [5.74, 6) is -1.61. The maximum absolute atomic E-state index is 10.2. The Hall–Kier alpha value is -2.62. The van der Waals surface area contributed by atoms with Crippen LogP contribution in [-0.4, -0.2) is 22.2 Å². The van der Waals surface area contributed by atoms with Crippen LogP contribution in [0.5, 0.6) is 0 Å². The first kappa shape index (κ1) is 35.5. The van der Waals surface area contributed by atoms with Crippen molar-refractivity contribution in [3.05, 3.63) is 72.9 Å². The summed E-state index contributed by atoms with van der Waals surface area (Å²) in [5, 5.41) is 16.7. The van der Waals surface area contributed by atoms with Gasteiger partial charge in [0.1, 0.15) is 0 Å². The molecule has 0 atom stereocenters. The number of carboxylic acids is 2. The van der Waals surface area contributed by atoms with Crippen LogP contribution >= 0.6 is 0 Å². The smallest absolute Gasteiger partial charge is 0.328 e. The van der Waals surface area contributed by atoms with Crippen molar-refractivity contribution >= 4 is 11.9 Å². The normalized spacial score (nSPS) is 12.1. The van der Waals surface area contributed by atoms with Crippen LogP contribution in [0.3, 0.4) is 0 Å². The molecule has 0 aromatic heterocycles. The minimum Gasteiger partial charge on any atom is -0.481 e. The highest BCUT2D eigenvalue weighted by molar-refractivity contribution is 5.80. The second kappa shape index (κ2) is 32.4. The van der Waals surface area contributed by atoms with Gasteiger partial charge in [0.2, 0.25) is 0 Å². The van der Waals surface area contributed by atoms with Crippen LogP contribution in [0.15, 0.2) is 72.9 Å². The zero-order chi connectivity index (χ0) is 27.0. The molecule has 2 N–H and O–H groups in total. The summed E-state index contributed by atoms with van der Waals surface area (Å²) in [6.45, 7) is 4.42. The maximum atomic E-state index is 10.2. The Labute approximate surface area is 221 Å². The Bertz CT molecular complexity index is 666. The van der Waals surface area contributed by atoms with E-state index in [-0.39, 0.29) is 0 Å². The first-order chi connectivity index (χ1) is 17.5. The molecule has 0 rings (SSSR count). The predicted molar refractivity (Wildman–Crippen MR) is 155 cm³/mol. The van der Waals surface area contributed by atoms with E-state index in [9.17, 15) is 9.59 Å². The van der Waals surface area contributed by atoms with Crippen LogP contribution in [0.1, 0.15) is 117 Å². The van der Waals surface area contributed by atoms with Gasteiger partial charge in [-0.1, -0.05) is 158 Å². The molecule has 0 aliphatic heterocycles. The zero-order valence-corrected chi connectivity index (χ0v) is 23.0. The molecule has 36 heavy (non-hydrogen) atoms. The van der Waals surface area contributed by atoms with Gasteiger partial charge in [-0.15, -0.1) is 0 Å². The van der Waals surface area contributed by atoms with Crippen molar-refractivity contribution in [2.24, 2.45) is 0 Å². The molecule has 0 heterocycles. The molecule has 0 bridgehead atoms. The molecule has 0 aromatic carbocycles. The number of allylic oxidation sites excluding steroid dienone is 11. The van der Waals surface area contributed by atoms with Gasteiger partial charge in [0.05, 0.1) is 0 Å². The number of hydrogen-bond donors (Lipinski definition) is 2. The van der Waals surface area contributed by atoms with Crippen LogP contribution < -0.4 is 0 Å². The van der Waals surface area contributed by atoms with Gasteiger partial charge in [-0.3, -0.25) is 4.79 Å². The second-order valence-corrected chi connectivity index (χ2v) is 8.84. The minimum absolute atomic E-state index is 0.337. The van der Waals surface area contributed by atoms with Crippen LogP contribution in [0.2, 0.25) is 0 Å². The van der Waals surface area contributed by atoms with Gasteiger partial charge in [-0.05, 0) is 19.3 Å². The first-order valence-electron chi connectivity index (χ1n) is 14.0. The Morgan fingerprint density at radius 3 is 1.33 bits per heavy atom. The summed E-state index contributed by atoms with van der Waals surface area (Å²) in [6, 6.07) is 0. The zero-order valence-electron chi connectivity index (χ0n) is 23.0. The molecule has 0 saturated carbocycles. The molecule has 4 nitrogen and oxygen atoms in total. The minimum atomic E-state index is -0.936. The van der Waals surface area contributed by atoms with Gasteiger partial charge >= 0.3 is 11.9 Å². The van der Waals surface area contributed by atoms with E-state index in [1.54, 1.807) is 12.2 Å². The largest absolute Gasteiger partial charge is 0.481 e. The van der Waals surface area contributed by atoms with Crippen molar-refractivity contribution in [2.75, 3.05) is 0 Å². The summed E-state index contributed by atoms with van der Waals surface area (Å²) in [5.41, 5.74) is 0. The summed E-state index contributed by atoms with van der Waals surface area (Å²) >= 11 is 0. The Balaban J connectivity index is 0. The van der Waals surface area contributed by atoms with E-state index in [0.29, 0.717) is 6.42 Å². The van der Waals surface area contributed by atoms with E-state index in [1.165, 1.54) is 89.5 Å². The lowest BCUT2D eigenvalue weighted by molar-refractivity contribution is -0.137. The number of carboxylic acid groups (broad SMARTS) is 2. The van der Waals surface area contributed by atoms with Crippen molar-refractivity contribution in [3.8, 4) is 0 Å². The highest BCUT2D eigenvalue weighted by atomic mass is 16.4. The third kappa shape index (κ3) is 38.6. The van der Waals surface area contributed by atoms with Crippen molar-refractivity contribution < 1.29 is 19.8 Å². The fourth-order valence-electron chi connectivity index (χ4n) is 3.28. The Morgan fingerprint density at radius 2 is 0.889 bits per heavy atom. The molecule has 0 unspecified atom stereocenters. The van der Waals surface area contributed by atoms with E-state index >= 15 is 0 Å². The topological polar surface area (TPSA) is 74.6 Å². The van der Waals surface area contributed by atoms with Crippen molar-refractivity contribution in [1.82, 2.24) is 0 Å². The van der Waals surface area contributed by atoms with Crippen LogP contribution in [0.4, 0.5) is 0 Å². The average Bonchev–Trinajstić information content (AvgIpc) is 2.85. The quantitative estimate of drug-likeness (QED) is 0.0881. The number of carbonyl (C=O) groups is 2. The molecule has 204 valence electrons. The van der Waals surface area contributed by atoms with Crippen molar-refractivity contribution in [3.63, 3.8) is 0 Å². The van der Waals surface area contributed by atoms with Gasteiger partial charge in [0.25, 0.3) is 0 Å². The van der Waals surface area contributed by atoms with Crippen molar-refractivity contribution in [2.45, 2.75) is 117 Å². The molecule has 4 heteroatoms. The number of rotatable bonds is 22. The number of aliphatic carboxylic acids is 2. The van der Waals surface area contributed by atoms with Crippen molar-refractivity contribution in [1.29, 1.82) is 0 Å². The van der Waals surface area contributed by atoms with E-state index in [4.69, 9.17) is 10.2 Å². The van der Waals surface area contributed by atoms with Gasteiger partial charge in [0.15, 0.2) is 0 Å². The number of hydrogen-bond acceptors (Lipinski definition) is 2. The third-order valence-corrected chi connectivity index (χ3v) is 5.34. The molecular weight excluding hydrogens is 448 g/mol. The SMILES string of the molecule is CCCCCCCC(=O)O.CCCCCCCCCCC/C=C/C=C/C=C/C=C/C=C/C=C/C(=O)O. The van der Waals surface area contributed by atoms with Crippen LogP contribution in [0, 0.1) is 0 Å². The molecule has 0 radical (unpaired) electrons. The highest BCUT2D eigenvalue weighted by Crippen LogP contribution is 2.10. The fraction of sp³-hybridized carbons (Fsp3) is 0.562. The lowest BCUT2D eigenvalue weighted by Gasteiger charge is -2.00. The van der Waals surface area contributed by atoms with Gasteiger partial charge in [-0.2, -0.15) is 0 Å². The molecule has 0 aliphatic rings. The van der Waals surface area contributed by atoms with E-state index in [1.807, 2.05) is 36.5 Å². The standard InChI is InChI=1S/C24H36O2.C8H16O2/c1-2-3-4-5-6-7-8-9-10-11-12-13-14-15-16-17-18-19-20-21-22-23-24(25)26;1-2-3-4-5-6-7-8(9)10/h12-23H,2-11H2,1H3,(H,25,26);2-7H2,1H3,(H,9,10)/b13-12+,15-14+,17-16+,19-18+,21-20+,23-22+;. The summed E-state index contributed by atoms with van der Waals surface area (Å²) in [6.07, 6.45) is 41.6. The molecule has 0 amide bonds. The molecule has 0 saturated heterocycles. The van der Waals surface area contributed by atoms with Crippen LogP contribution in [0.25, 0.3) is 0 Å². The van der Waals surface area contributed by atoms with Gasteiger partial charge in [0, 0.05) is 12.5 Å². The van der Waals surface area contributed by atoms with E-state index < -0.39 is 11.9 Å². The molecule has 0 fully saturated rings. The van der Waals surface area contributed by atoms with E-state index in [2.05, 4.69) is 26.0 Å². The molecule has 0 aromatic rings. The summed E-state index contributed by atoms with van der Waals surface area (Å²) < 4.78 is 0. The summed E-state index contributed by atoms with van der Waals surface area (Å²) in [7, 11) is 0. The lowest BCUT2D eigenvalue weighted by Crippen LogP contribution is -1.93. The van der Waals surface area contributed by atoms with Gasteiger partial charge in [-0.25, -0.2) is 4.79 Å². The average molecular weight is 501 g/mol. The summed E-state index contributed by atoms with van der Waals surface area (Å²) in [4.78, 5) is 20.3. The molecule has 0 aliphatic carbocycles. The monoisotopic (exact) mass is 500 g/mol. The first-order valence-corrected chi connectivity index (χ1v) is 14.0. The highest BCUT2D eigenvalue weighted by Gasteiger charge is 1.95. The lowest BCUT2D eigenvalue weighted by atomic mass is 10.1. The molecule has 0 spiro atoms. The second-order valence-electron chi connectivity index (χ2n) is 8.84. The van der Waals surface area contributed by atoms with Gasteiger partial charge < -0.3 is 10.2 Å². The third-order valence-electron chi connectivity index (χ3n) is 5.34. The number of unbranched alkanes of at least 4 members (excludes halogenated alkanes) is 13. The van der Waals surface area contributed by atoms with E-state index in [0.717, 1.165) is 18.9 Å². The Morgan fingerprint density at radius 1 is 0.500 bits per heavy atom. The fourth-order valence-corrected chi connectivity index (χ4v) is 3.28. The molecular formula is C32H52O4. The Kier molecular flexibility index (Phi) is 32.0. The predicted octanol–water partition coefficient (Wildman–Crippen LogP) is 9.76. The van der Waals surface area contributed by atoms with Crippen LogP contribution in [-0.2, 0) is 9.59 Å².